The molecule has 1 N–H and O–H groups in total. The number of aromatic hydroxyl groups is 1. The maximum absolute atomic E-state index is 9.98. The van der Waals surface area contributed by atoms with E-state index in [0.717, 1.165) is 19.3 Å². The first kappa shape index (κ1) is 20.7. The molecule has 1 aromatic rings. The minimum atomic E-state index is -0.870. The van der Waals surface area contributed by atoms with Crippen molar-refractivity contribution in [2.45, 2.75) is 63.4 Å². The number of hydrogen-bond acceptors (Lipinski definition) is 5. The molecule has 2 heterocycles. The Kier molecular flexibility index (Phi) is 4.50. The third-order valence-corrected chi connectivity index (χ3v) is 9.67. The van der Waals surface area contributed by atoms with E-state index in [1.54, 1.807) is 11.1 Å². The van der Waals surface area contributed by atoms with E-state index in [1.807, 2.05) is 12.1 Å². The van der Waals surface area contributed by atoms with Gasteiger partial charge < -0.3 is 24.1 Å². The smallest absolute Gasteiger partial charge is 0.230 e. The summed E-state index contributed by atoms with van der Waals surface area (Å²) < 4.78 is 26.1. The van der Waals surface area contributed by atoms with Crippen molar-refractivity contribution in [3.05, 3.63) is 47.1 Å². The lowest BCUT2D eigenvalue weighted by Crippen LogP contribution is -2.69. The molecule has 7 rings (SSSR count). The first-order valence-electron chi connectivity index (χ1n) is 12.8. The van der Waals surface area contributed by atoms with Crippen LogP contribution in [-0.4, -0.2) is 43.1 Å². The fourth-order valence-electron chi connectivity index (χ4n) is 8.40. The Morgan fingerprint density at radius 1 is 0.939 bits per heavy atom. The summed E-state index contributed by atoms with van der Waals surface area (Å²) in [5, 5.41) is 9.98. The predicted octanol–water partition coefficient (Wildman–Crippen LogP) is 5.20. The molecule has 6 aliphatic rings. The second-order valence-corrected chi connectivity index (χ2v) is 11.1. The molecule has 33 heavy (non-hydrogen) atoms. The zero-order valence-electron chi connectivity index (χ0n) is 19.5. The van der Waals surface area contributed by atoms with Crippen molar-refractivity contribution >= 4 is 5.57 Å². The molecule has 0 bridgehead atoms. The molecule has 4 fully saturated rings. The summed E-state index contributed by atoms with van der Waals surface area (Å²) in [6, 6.07) is 7.83. The van der Waals surface area contributed by atoms with Crippen molar-refractivity contribution in [3.63, 3.8) is 0 Å². The molecule has 5 nitrogen and oxygen atoms in total. The summed E-state index contributed by atoms with van der Waals surface area (Å²) in [5.74, 6) is 0.00404. The highest BCUT2D eigenvalue weighted by molar-refractivity contribution is 5.73. The van der Waals surface area contributed by atoms with E-state index < -0.39 is 11.6 Å². The Bertz CT molecular complexity index is 1010. The number of fused-ring (bicyclic) bond motifs is 5. The zero-order valence-corrected chi connectivity index (χ0v) is 19.5. The van der Waals surface area contributed by atoms with E-state index in [-0.39, 0.29) is 5.41 Å². The van der Waals surface area contributed by atoms with E-state index >= 15 is 0 Å². The Morgan fingerprint density at radius 3 is 2.42 bits per heavy atom. The van der Waals surface area contributed by atoms with Crippen LogP contribution in [0.4, 0.5) is 0 Å². The lowest BCUT2D eigenvalue weighted by Gasteiger charge is -2.57. The standard InChI is InChI=1S/C28H34O5/c1-26-16-23(19-6-9-20(29)10-7-19)25-21-5-3-2-4-18(21)8-11-22(25)24(26)17-27-28(26,32-14-12-30-27)33-15-13-31-27/h6-10,21-22,24,29H,2-5,11-17H2,1H3/t21-,22-,24-,26-,27?,28?/m0/s1. The van der Waals surface area contributed by atoms with E-state index in [9.17, 15) is 5.11 Å². The number of rotatable bonds is 1. The van der Waals surface area contributed by atoms with Crippen LogP contribution in [0.25, 0.3) is 5.57 Å². The topological polar surface area (TPSA) is 57.2 Å². The van der Waals surface area contributed by atoms with Gasteiger partial charge in [0.25, 0.3) is 0 Å². The number of allylic oxidation sites excluding steroid dienone is 4. The van der Waals surface area contributed by atoms with Crippen LogP contribution in [0.1, 0.15) is 57.4 Å². The summed E-state index contributed by atoms with van der Waals surface area (Å²) in [5.41, 5.74) is 5.70. The van der Waals surface area contributed by atoms with Gasteiger partial charge in [-0.25, -0.2) is 0 Å². The Morgan fingerprint density at radius 2 is 1.67 bits per heavy atom. The highest BCUT2D eigenvalue weighted by atomic mass is 16.8. The SMILES string of the molecule is C[C@]12CC(c3ccc(O)cc3)=C3[C@H]4CCCCC4=CC[C@H]3[C@@H]1CC13OCCOC12OCCO3. The first-order valence-corrected chi connectivity index (χ1v) is 12.8. The van der Waals surface area contributed by atoms with Crippen molar-refractivity contribution in [2.75, 3.05) is 26.4 Å². The lowest BCUT2D eigenvalue weighted by molar-refractivity contribution is -0.472. The Labute approximate surface area is 195 Å². The van der Waals surface area contributed by atoms with E-state index in [2.05, 4.69) is 25.1 Å². The van der Waals surface area contributed by atoms with Crippen molar-refractivity contribution in [3.8, 4) is 5.75 Å². The number of ether oxygens (including phenoxy) is 4. The summed E-state index contributed by atoms with van der Waals surface area (Å²) in [4.78, 5) is 0. The number of phenolic OH excluding ortho intramolecular Hbond substituents is 1. The van der Waals surface area contributed by atoms with Gasteiger partial charge in [-0.1, -0.05) is 42.7 Å². The maximum Gasteiger partial charge on any atom is 0.230 e. The molecule has 0 aromatic heterocycles. The summed E-state index contributed by atoms with van der Waals surface area (Å²) in [7, 11) is 0. The molecule has 5 heteroatoms. The van der Waals surface area contributed by atoms with Gasteiger partial charge in [-0.3, -0.25) is 0 Å². The second-order valence-electron chi connectivity index (χ2n) is 11.1. The van der Waals surface area contributed by atoms with Crippen molar-refractivity contribution in [2.24, 2.45) is 23.2 Å². The van der Waals surface area contributed by atoms with Crippen molar-refractivity contribution in [1.29, 1.82) is 0 Å². The summed E-state index contributed by atoms with van der Waals surface area (Å²) in [6.07, 6.45) is 10.4. The van der Waals surface area contributed by atoms with Gasteiger partial charge in [-0.05, 0) is 67.2 Å². The quantitative estimate of drug-likeness (QED) is 0.596. The molecule has 0 amide bonds. The fourth-order valence-corrected chi connectivity index (χ4v) is 8.40. The minimum Gasteiger partial charge on any atom is -0.508 e. The molecule has 0 spiro atoms. The summed E-state index contributed by atoms with van der Waals surface area (Å²) >= 11 is 0. The van der Waals surface area contributed by atoms with Crippen molar-refractivity contribution in [1.82, 2.24) is 0 Å². The lowest BCUT2D eigenvalue weighted by atomic mass is 9.54. The Balaban J connectivity index is 1.43. The molecule has 2 aliphatic heterocycles. The molecule has 1 aromatic carbocycles. The average molecular weight is 451 g/mol. The van der Waals surface area contributed by atoms with Gasteiger partial charge in [-0.15, -0.1) is 0 Å². The van der Waals surface area contributed by atoms with Gasteiger partial charge in [0.1, 0.15) is 5.75 Å². The largest absolute Gasteiger partial charge is 0.508 e. The van der Waals surface area contributed by atoms with Crippen LogP contribution in [0.2, 0.25) is 0 Å². The van der Waals surface area contributed by atoms with Gasteiger partial charge in [0.15, 0.2) is 0 Å². The molecule has 2 saturated heterocycles. The molecular formula is C28H34O5. The molecule has 0 unspecified atom stereocenters. The van der Waals surface area contributed by atoms with Gasteiger partial charge in [0.2, 0.25) is 11.6 Å². The van der Waals surface area contributed by atoms with Crippen LogP contribution < -0.4 is 0 Å². The van der Waals surface area contributed by atoms with Gasteiger partial charge >= 0.3 is 0 Å². The van der Waals surface area contributed by atoms with E-state index in [0.29, 0.717) is 49.9 Å². The Hall–Kier alpha value is -1.66. The maximum atomic E-state index is 9.98. The van der Waals surface area contributed by atoms with Gasteiger partial charge in [0, 0.05) is 17.8 Å². The fraction of sp³-hybridized carbons (Fsp3) is 0.643. The zero-order chi connectivity index (χ0) is 22.3. The first-order chi connectivity index (χ1) is 16.1. The average Bonchev–Trinajstić information content (AvgIpc) is 3.10. The monoisotopic (exact) mass is 450 g/mol. The highest BCUT2D eigenvalue weighted by Gasteiger charge is 2.78. The van der Waals surface area contributed by atoms with Gasteiger partial charge in [0.05, 0.1) is 26.4 Å². The van der Waals surface area contributed by atoms with Crippen LogP contribution in [-0.2, 0) is 18.9 Å². The predicted molar refractivity (Wildman–Crippen MR) is 123 cm³/mol. The van der Waals surface area contributed by atoms with Crippen LogP contribution in [0, 0.1) is 23.2 Å². The molecule has 176 valence electrons. The number of hydrogen-bond donors (Lipinski definition) is 1. The van der Waals surface area contributed by atoms with E-state index in [4.69, 9.17) is 18.9 Å². The molecule has 0 radical (unpaired) electrons. The van der Waals surface area contributed by atoms with Crippen molar-refractivity contribution < 1.29 is 24.1 Å². The van der Waals surface area contributed by atoms with Crippen LogP contribution in [0.3, 0.4) is 0 Å². The number of phenols is 1. The normalized spacial score (nSPS) is 44.2. The van der Waals surface area contributed by atoms with Gasteiger partial charge in [-0.2, -0.15) is 0 Å². The molecule has 4 aliphatic carbocycles. The summed E-state index contributed by atoms with van der Waals surface area (Å²) in [6.45, 7) is 4.54. The van der Waals surface area contributed by atoms with Crippen LogP contribution >= 0.6 is 0 Å². The molecule has 4 atom stereocenters. The third-order valence-electron chi connectivity index (χ3n) is 9.67. The highest BCUT2D eigenvalue weighted by Crippen LogP contribution is 2.71. The number of benzene rings is 1. The van der Waals surface area contributed by atoms with E-state index in [1.165, 1.54) is 36.8 Å². The van der Waals surface area contributed by atoms with Crippen LogP contribution in [0.15, 0.2) is 41.5 Å². The second kappa shape index (κ2) is 7.17. The van der Waals surface area contributed by atoms with Crippen LogP contribution in [0.5, 0.6) is 5.75 Å². The minimum absolute atomic E-state index is 0.255. The third kappa shape index (κ3) is 2.63. The molecular weight excluding hydrogens is 416 g/mol. The molecule has 2 saturated carbocycles.